The number of sulfonamides is 2. The Hall–Kier alpha value is -3.28. The summed E-state index contributed by atoms with van der Waals surface area (Å²) in [7, 11) is -7.37. The van der Waals surface area contributed by atoms with Crippen LogP contribution in [-0.4, -0.2) is 40.1 Å². The van der Waals surface area contributed by atoms with E-state index in [1.807, 2.05) is 25.1 Å². The van der Waals surface area contributed by atoms with Crippen LogP contribution in [-0.2, 0) is 30.6 Å². The van der Waals surface area contributed by atoms with E-state index in [9.17, 15) is 26.0 Å². The third-order valence-corrected chi connectivity index (χ3v) is 9.43. The highest BCUT2D eigenvalue weighted by Gasteiger charge is 2.31. The Bertz CT molecular complexity index is 1470. The SMILES string of the molecule is Cc1cccc(CS(=O)(=O)N2CCC(C(=O)Nc3ccc(S(=O)(=O)Nc4ccc(F)cc4)cc3)CC2)c1. The molecule has 1 amide bonds. The monoisotopic (exact) mass is 545 g/mol. The van der Waals surface area contributed by atoms with Crippen LogP contribution in [0.2, 0.25) is 0 Å². The van der Waals surface area contributed by atoms with E-state index in [-0.39, 0.29) is 41.3 Å². The van der Waals surface area contributed by atoms with Crippen LogP contribution < -0.4 is 10.0 Å². The van der Waals surface area contributed by atoms with Crippen LogP contribution in [0.4, 0.5) is 15.8 Å². The van der Waals surface area contributed by atoms with Crippen molar-refractivity contribution in [1.82, 2.24) is 4.31 Å². The first-order chi connectivity index (χ1) is 17.5. The van der Waals surface area contributed by atoms with Crippen molar-refractivity contribution in [3.63, 3.8) is 0 Å². The van der Waals surface area contributed by atoms with Gasteiger partial charge in [-0.1, -0.05) is 29.8 Å². The molecule has 0 radical (unpaired) electrons. The molecule has 0 bridgehead atoms. The van der Waals surface area contributed by atoms with Gasteiger partial charge in [0.15, 0.2) is 0 Å². The van der Waals surface area contributed by atoms with Gasteiger partial charge in [-0.3, -0.25) is 9.52 Å². The summed E-state index contributed by atoms with van der Waals surface area (Å²) in [6.45, 7) is 2.44. The third-order valence-electron chi connectivity index (χ3n) is 6.18. The van der Waals surface area contributed by atoms with Crippen LogP contribution in [0, 0.1) is 18.7 Å². The van der Waals surface area contributed by atoms with Crippen LogP contribution in [0.1, 0.15) is 24.0 Å². The molecule has 2 N–H and O–H groups in total. The highest BCUT2D eigenvalue weighted by atomic mass is 32.2. The molecular weight excluding hydrogens is 517 g/mol. The number of nitrogens with one attached hydrogen (secondary N) is 2. The minimum Gasteiger partial charge on any atom is -0.326 e. The second-order valence-corrected chi connectivity index (χ2v) is 12.7. The van der Waals surface area contributed by atoms with Gasteiger partial charge in [0, 0.05) is 30.4 Å². The molecule has 0 aliphatic carbocycles. The molecule has 196 valence electrons. The second-order valence-electron chi connectivity index (χ2n) is 9.04. The average Bonchev–Trinajstić information content (AvgIpc) is 2.85. The average molecular weight is 546 g/mol. The topological polar surface area (TPSA) is 113 Å². The van der Waals surface area contributed by atoms with Crippen LogP contribution in [0.5, 0.6) is 0 Å². The Morgan fingerprint density at radius 1 is 0.919 bits per heavy atom. The van der Waals surface area contributed by atoms with Gasteiger partial charge in [0.25, 0.3) is 10.0 Å². The number of nitrogens with zero attached hydrogens (tertiary/aromatic N) is 1. The third kappa shape index (κ3) is 6.94. The van der Waals surface area contributed by atoms with Gasteiger partial charge in [0.1, 0.15) is 5.82 Å². The normalized spacial score (nSPS) is 15.3. The maximum Gasteiger partial charge on any atom is 0.261 e. The number of aryl methyl sites for hydroxylation is 1. The molecule has 1 saturated heterocycles. The lowest BCUT2D eigenvalue weighted by Crippen LogP contribution is -2.41. The fourth-order valence-corrected chi connectivity index (χ4v) is 6.80. The van der Waals surface area contributed by atoms with E-state index in [0.29, 0.717) is 18.5 Å². The largest absolute Gasteiger partial charge is 0.326 e. The first kappa shape index (κ1) is 26.8. The molecule has 3 aromatic rings. The predicted octanol–water partition coefficient (Wildman–Crippen LogP) is 4.12. The van der Waals surface area contributed by atoms with Crippen molar-refractivity contribution < 1.29 is 26.0 Å². The molecule has 1 aliphatic heterocycles. The van der Waals surface area contributed by atoms with Crippen molar-refractivity contribution in [2.75, 3.05) is 23.1 Å². The number of carbonyl (C=O) groups is 1. The number of halogens is 1. The summed E-state index contributed by atoms with van der Waals surface area (Å²) in [6, 6.07) is 18.0. The Morgan fingerprint density at radius 3 is 2.16 bits per heavy atom. The summed E-state index contributed by atoms with van der Waals surface area (Å²) in [6.07, 6.45) is 0.792. The van der Waals surface area contributed by atoms with Crippen molar-refractivity contribution in [3.8, 4) is 0 Å². The molecular formula is C26H28FN3O5S2. The standard InChI is InChI=1S/C26H28FN3O5S2/c1-19-3-2-4-20(17-19)18-36(32,33)30-15-13-21(14-16-30)26(31)28-23-9-11-25(12-10-23)37(34,35)29-24-7-5-22(27)6-8-24/h2-12,17,21,29H,13-16,18H2,1H3,(H,28,31). The van der Waals surface area contributed by atoms with Crippen molar-refractivity contribution in [3.05, 3.63) is 89.7 Å². The number of carbonyl (C=O) groups excluding carboxylic acids is 1. The Kier molecular flexibility index (Phi) is 7.96. The zero-order valence-electron chi connectivity index (χ0n) is 20.2. The van der Waals surface area contributed by atoms with Gasteiger partial charge >= 0.3 is 0 Å². The highest BCUT2D eigenvalue weighted by molar-refractivity contribution is 7.92. The fraction of sp³-hybridized carbons (Fsp3) is 0.269. The second kappa shape index (κ2) is 11.0. The van der Waals surface area contributed by atoms with Gasteiger partial charge in [-0.15, -0.1) is 0 Å². The molecule has 0 saturated carbocycles. The minimum atomic E-state index is -3.88. The lowest BCUT2D eigenvalue weighted by molar-refractivity contribution is -0.120. The van der Waals surface area contributed by atoms with E-state index in [4.69, 9.17) is 0 Å². The molecule has 1 aliphatic rings. The quantitative estimate of drug-likeness (QED) is 0.442. The first-order valence-electron chi connectivity index (χ1n) is 11.7. The number of piperidine rings is 1. The molecule has 0 aromatic heterocycles. The van der Waals surface area contributed by atoms with Crippen molar-refractivity contribution in [2.24, 2.45) is 5.92 Å². The Morgan fingerprint density at radius 2 is 1.54 bits per heavy atom. The molecule has 4 rings (SSSR count). The first-order valence-corrected chi connectivity index (χ1v) is 14.8. The summed E-state index contributed by atoms with van der Waals surface area (Å²) in [5.74, 6) is -1.14. The van der Waals surface area contributed by atoms with E-state index in [1.54, 1.807) is 6.07 Å². The predicted molar refractivity (Wildman–Crippen MR) is 140 cm³/mol. The maximum atomic E-state index is 13.0. The molecule has 1 fully saturated rings. The maximum absolute atomic E-state index is 13.0. The van der Waals surface area contributed by atoms with E-state index in [0.717, 1.165) is 23.3 Å². The molecule has 0 spiro atoms. The lowest BCUT2D eigenvalue weighted by atomic mass is 9.97. The number of hydrogen-bond donors (Lipinski definition) is 2. The Balaban J connectivity index is 1.31. The molecule has 8 nitrogen and oxygen atoms in total. The lowest BCUT2D eigenvalue weighted by Gasteiger charge is -2.30. The fourth-order valence-electron chi connectivity index (χ4n) is 4.19. The van der Waals surface area contributed by atoms with E-state index < -0.39 is 25.9 Å². The van der Waals surface area contributed by atoms with Gasteiger partial charge in [-0.05, 0) is 73.9 Å². The zero-order chi connectivity index (χ0) is 26.6. The molecule has 0 atom stereocenters. The molecule has 11 heteroatoms. The summed E-state index contributed by atoms with van der Waals surface area (Å²) in [5, 5.41) is 2.78. The van der Waals surface area contributed by atoms with Gasteiger partial charge < -0.3 is 5.32 Å². The molecule has 0 unspecified atom stereocenters. The van der Waals surface area contributed by atoms with Crippen molar-refractivity contribution in [1.29, 1.82) is 0 Å². The summed E-state index contributed by atoms with van der Waals surface area (Å²) in [4.78, 5) is 12.8. The van der Waals surface area contributed by atoms with Gasteiger partial charge in [-0.2, -0.15) is 0 Å². The van der Waals surface area contributed by atoms with Gasteiger partial charge in [0.05, 0.1) is 10.6 Å². The van der Waals surface area contributed by atoms with Gasteiger partial charge in [-0.25, -0.2) is 25.5 Å². The van der Waals surface area contributed by atoms with E-state index in [2.05, 4.69) is 10.0 Å². The smallest absolute Gasteiger partial charge is 0.261 e. The minimum absolute atomic E-state index is 0.0121. The summed E-state index contributed by atoms with van der Waals surface area (Å²) >= 11 is 0. The summed E-state index contributed by atoms with van der Waals surface area (Å²) in [5.41, 5.74) is 2.39. The van der Waals surface area contributed by atoms with Crippen LogP contribution in [0.25, 0.3) is 0 Å². The number of hydrogen-bond acceptors (Lipinski definition) is 5. The number of anilines is 2. The van der Waals surface area contributed by atoms with Crippen LogP contribution >= 0.6 is 0 Å². The van der Waals surface area contributed by atoms with E-state index >= 15 is 0 Å². The van der Waals surface area contributed by atoms with Crippen molar-refractivity contribution >= 4 is 37.3 Å². The number of amides is 1. The molecule has 37 heavy (non-hydrogen) atoms. The zero-order valence-corrected chi connectivity index (χ0v) is 21.9. The highest BCUT2D eigenvalue weighted by Crippen LogP contribution is 2.24. The molecule has 1 heterocycles. The van der Waals surface area contributed by atoms with Crippen LogP contribution in [0.15, 0.2) is 77.7 Å². The van der Waals surface area contributed by atoms with Crippen LogP contribution in [0.3, 0.4) is 0 Å². The van der Waals surface area contributed by atoms with E-state index in [1.165, 1.54) is 40.7 Å². The number of rotatable bonds is 8. The molecule has 3 aromatic carbocycles. The van der Waals surface area contributed by atoms with Crippen molar-refractivity contribution in [2.45, 2.75) is 30.4 Å². The number of benzene rings is 3. The Labute approximate surface area is 216 Å². The van der Waals surface area contributed by atoms with Gasteiger partial charge in [0.2, 0.25) is 15.9 Å². The summed E-state index contributed by atoms with van der Waals surface area (Å²) < 4.78 is 67.7.